The predicted octanol–water partition coefficient (Wildman–Crippen LogP) is 4.12. The maximum atomic E-state index is 12.7. The lowest BCUT2D eigenvalue weighted by molar-refractivity contribution is -0.195. The molecule has 4 nitrogen and oxygen atoms in total. The Hall–Kier alpha value is 0.205. The van der Waals surface area contributed by atoms with E-state index < -0.39 is 18.2 Å². The van der Waals surface area contributed by atoms with Gasteiger partial charge in [-0.15, -0.1) is 23.2 Å². The topological polar surface area (TPSA) is 53.5 Å². The minimum Gasteiger partial charge on any atom is -0.479 e. The molecule has 0 spiro atoms. The molecule has 2 radical (unpaired) electrons. The molecule has 2 rings (SSSR count). The SMILES string of the molecule is [B]C1CC(SN[C@H](C)CC(O)C(C)C(F)(F)F)CNC1OC1=CCCC(Cl)C1Cl. The lowest BCUT2D eigenvalue weighted by Gasteiger charge is -2.37. The van der Waals surface area contributed by atoms with Crippen LogP contribution in [0.25, 0.3) is 0 Å². The summed E-state index contributed by atoms with van der Waals surface area (Å²) in [5, 5.41) is 12.6. The van der Waals surface area contributed by atoms with Crippen molar-refractivity contribution in [2.75, 3.05) is 6.54 Å². The molecule has 2 aliphatic rings. The molecular formula is C18H28BCl2F3N2O2S. The second-order valence-corrected chi connectivity index (χ2v) is 10.0. The van der Waals surface area contributed by atoms with Crippen molar-refractivity contribution in [1.82, 2.24) is 10.0 Å². The van der Waals surface area contributed by atoms with Crippen LogP contribution in [0.4, 0.5) is 13.2 Å². The van der Waals surface area contributed by atoms with Gasteiger partial charge in [-0.05, 0) is 44.5 Å². The zero-order chi connectivity index (χ0) is 21.8. The van der Waals surface area contributed by atoms with E-state index in [2.05, 4.69) is 10.0 Å². The summed E-state index contributed by atoms with van der Waals surface area (Å²) in [5.74, 6) is -1.38. The first-order chi connectivity index (χ1) is 13.5. The lowest BCUT2D eigenvalue weighted by Crippen LogP contribution is -2.47. The van der Waals surface area contributed by atoms with E-state index in [-0.39, 0.29) is 40.5 Å². The highest BCUT2D eigenvalue weighted by molar-refractivity contribution is 7.98. The van der Waals surface area contributed by atoms with Gasteiger partial charge in [-0.3, -0.25) is 10.0 Å². The molecule has 1 heterocycles. The molecule has 7 unspecified atom stereocenters. The number of piperidine rings is 1. The third kappa shape index (κ3) is 7.68. The standard InChI is InChI=1S/C18H28BCl2F3N2O2S/c1-9(6-14(27)10(2)18(22,23)24)26-29-11-7-12(19)17(25-8-11)28-15-5-3-4-13(20)16(15)21/h5,9-14,16-17,25-27H,3-4,6-8H2,1-2H3/t9-,10?,11?,12?,13?,14?,16?,17?/m1/s1. The van der Waals surface area contributed by atoms with E-state index in [0.717, 1.165) is 19.8 Å². The van der Waals surface area contributed by atoms with E-state index in [1.54, 1.807) is 6.92 Å². The normalized spacial score (nSPS) is 34.2. The maximum Gasteiger partial charge on any atom is 0.394 e. The van der Waals surface area contributed by atoms with Crippen LogP contribution < -0.4 is 10.0 Å². The Kier molecular flexibility index (Phi) is 9.82. The monoisotopic (exact) mass is 474 g/mol. The molecule has 1 aliphatic carbocycles. The van der Waals surface area contributed by atoms with Crippen molar-refractivity contribution in [3.63, 3.8) is 0 Å². The van der Waals surface area contributed by atoms with Gasteiger partial charge in [0.25, 0.3) is 0 Å². The number of aliphatic hydroxyl groups is 1. The van der Waals surface area contributed by atoms with Crippen molar-refractivity contribution in [2.45, 2.75) is 85.9 Å². The molecule has 0 aromatic heterocycles. The Morgan fingerprint density at radius 1 is 1.41 bits per heavy atom. The number of hydrogen-bond donors (Lipinski definition) is 3. The van der Waals surface area contributed by atoms with Gasteiger partial charge in [0.1, 0.15) is 17.4 Å². The fourth-order valence-electron chi connectivity index (χ4n) is 3.25. The van der Waals surface area contributed by atoms with Crippen LogP contribution in [0.5, 0.6) is 0 Å². The molecule has 3 N–H and O–H groups in total. The fraction of sp³-hybridized carbons (Fsp3) is 0.889. The minimum absolute atomic E-state index is 0.0104. The summed E-state index contributed by atoms with van der Waals surface area (Å²) < 4.78 is 47.1. The highest BCUT2D eigenvalue weighted by atomic mass is 35.5. The Bertz CT molecular complexity index is 562. The van der Waals surface area contributed by atoms with Crippen LogP contribution in [0.15, 0.2) is 11.8 Å². The number of aliphatic hydroxyl groups excluding tert-OH is 1. The molecule has 0 aromatic carbocycles. The number of allylic oxidation sites excluding steroid dienone is 2. The Morgan fingerprint density at radius 3 is 2.72 bits per heavy atom. The number of alkyl halides is 5. The quantitative estimate of drug-likeness (QED) is 0.280. The molecule has 1 aliphatic heterocycles. The number of halogens is 5. The summed E-state index contributed by atoms with van der Waals surface area (Å²) in [7, 11) is 6.24. The van der Waals surface area contributed by atoms with Gasteiger partial charge in [0.2, 0.25) is 0 Å². The summed E-state index contributed by atoms with van der Waals surface area (Å²) in [6.07, 6.45) is -1.97. The Labute approximate surface area is 186 Å². The Morgan fingerprint density at radius 2 is 2.10 bits per heavy atom. The first-order valence-electron chi connectivity index (χ1n) is 9.78. The highest BCUT2D eigenvalue weighted by Gasteiger charge is 2.41. The van der Waals surface area contributed by atoms with Crippen LogP contribution in [0.3, 0.4) is 0 Å². The maximum absolute atomic E-state index is 12.7. The van der Waals surface area contributed by atoms with Crippen LogP contribution in [0.2, 0.25) is 5.82 Å². The number of hydrogen-bond acceptors (Lipinski definition) is 5. The lowest BCUT2D eigenvalue weighted by atomic mass is 9.79. The van der Waals surface area contributed by atoms with Crippen LogP contribution in [0, 0.1) is 5.92 Å². The van der Waals surface area contributed by atoms with E-state index in [1.807, 2.05) is 6.08 Å². The van der Waals surface area contributed by atoms with Crippen molar-refractivity contribution in [1.29, 1.82) is 0 Å². The van der Waals surface area contributed by atoms with Gasteiger partial charge in [-0.25, -0.2) is 0 Å². The van der Waals surface area contributed by atoms with Crippen molar-refractivity contribution in [2.24, 2.45) is 5.92 Å². The molecule has 0 amide bonds. The highest BCUT2D eigenvalue weighted by Crippen LogP contribution is 2.34. The van der Waals surface area contributed by atoms with E-state index in [1.165, 1.54) is 11.9 Å². The van der Waals surface area contributed by atoms with Crippen molar-refractivity contribution < 1.29 is 23.0 Å². The van der Waals surface area contributed by atoms with Crippen LogP contribution in [-0.4, -0.2) is 60.1 Å². The van der Waals surface area contributed by atoms with Crippen molar-refractivity contribution in [3.8, 4) is 0 Å². The van der Waals surface area contributed by atoms with Gasteiger partial charge in [0.15, 0.2) is 0 Å². The first-order valence-corrected chi connectivity index (χ1v) is 11.5. The van der Waals surface area contributed by atoms with Gasteiger partial charge in [-0.1, -0.05) is 18.9 Å². The molecular weight excluding hydrogens is 447 g/mol. The Balaban J connectivity index is 1.73. The summed E-state index contributed by atoms with van der Waals surface area (Å²) in [6, 6.07) is -0.282. The molecule has 1 fully saturated rings. The van der Waals surface area contributed by atoms with Gasteiger partial charge in [-0.2, -0.15) is 13.2 Å². The fourth-order valence-corrected chi connectivity index (χ4v) is 4.79. The first kappa shape index (κ1) is 25.5. The van der Waals surface area contributed by atoms with E-state index >= 15 is 0 Å². The largest absolute Gasteiger partial charge is 0.479 e. The molecule has 29 heavy (non-hydrogen) atoms. The number of ether oxygens (including phenoxy) is 1. The molecule has 166 valence electrons. The van der Waals surface area contributed by atoms with Crippen LogP contribution >= 0.6 is 35.1 Å². The molecule has 8 atom stereocenters. The molecule has 0 aromatic rings. The van der Waals surface area contributed by atoms with Crippen molar-refractivity contribution in [3.05, 3.63) is 11.8 Å². The third-order valence-corrected chi connectivity index (χ3v) is 7.58. The second kappa shape index (κ2) is 11.2. The van der Waals surface area contributed by atoms with Crippen molar-refractivity contribution >= 4 is 43.0 Å². The van der Waals surface area contributed by atoms with Gasteiger partial charge in [0, 0.05) is 17.8 Å². The number of nitrogens with one attached hydrogen (secondary N) is 2. The zero-order valence-corrected chi connectivity index (χ0v) is 18.8. The molecule has 1 saturated heterocycles. The second-order valence-electron chi connectivity index (χ2n) is 7.84. The minimum atomic E-state index is -4.40. The van der Waals surface area contributed by atoms with Gasteiger partial charge in [0.05, 0.1) is 25.2 Å². The summed E-state index contributed by atoms with van der Waals surface area (Å²) in [4.78, 5) is 0. The average molecular weight is 475 g/mol. The van der Waals surface area contributed by atoms with Gasteiger partial charge < -0.3 is 9.84 Å². The van der Waals surface area contributed by atoms with Crippen LogP contribution in [0.1, 0.15) is 39.5 Å². The third-order valence-electron chi connectivity index (χ3n) is 5.24. The van der Waals surface area contributed by atoms with E-state index in [0.29, 0.717) is 18.7 Å². The predicted molar refractivity (Wildman–Crippen MR) is 113 cm³/mol. The summed E-state index contributed by atoms with van der Waals surface area (Å²) in [5.41, 5.74) is 0. The zero-order valence-electron chi connectivity index (χ0n) is 16.5. The van der Waals surface area contributed by atoms with E-state index in [9.17, 15) is 18.3 Å². The van der Waals surface area contributed by atoms with Crippen LogP contribution in [-0.2, 0) is 4.74 Å². The average Bonchev–Trinajstić information content (AvgIpc) is 2.64. The number of rotatable bonds is 8. The van der Waals surface area contributed by atoms with Gasteiger partial charge >= 0.3 is 6.18 Å². The molecule has 11 heteroatoms. The summed E-state index contributed by atoms with van der Waals surface area (Å²) >= 11 is 13.9. The van der Waals surface area contributed by atoms with E-state index in [4.69, 9.17) is 35.8 Å². The smallest absolute Gasteiger partial charge is 0.394 e. The molecule has 0 bridgehead atoms. The summed E-state index contributed by atoms with van der Waals surface area (Å²) in [6.45, 7) is 3.36. The molecule has 0 saturated carbocycles.